The maximum Gasteiger partial charge on any atom is 0.240 e. The number of aryl methyl sites for hydroxylation is 1. The van der Waals surface area contributed by atoms with E-state index in [4.69, 9.17) is 4.74 Å². The zero-order valence-corrected chi connectivity index (χ0v) is 12.6. The number of rotatable bonds is 4. The highest BCUT2D eigenvalue weighted by Crippen LogP contribution is 2.18. The van der Waals surface area contributed by atoms with Gasteiger partial charge < -0.3 is 14.6 Å². The summed E-state index contributed by atoms with van der Waals surface area (Å²) in [7, 11) is 1.87. The van der Waals surface area contributed by atoms with Crippen molar-refractivity contribution in [2.45, 2.75) is 32.4 Å². The van der Waals surface area contributed by atoms with Gasteiger partial charge in [0.2, 0.25) is 5.91 Å². The summed E-state index contributed by atoms with van der Waals surface area (Å²) in [5, 5.41) is 10.9. The monoisotopic (exact) mass is 281 g/mol. The van der Waals surface area contributed by atoms with Crippen LogP contribution in [0.5, 0.6) is 0 Å². The maximum atomic E-state index is 12.5. The Hall–Kier alpha value is -1.47. The van der Waals surface area contributed by atoms with Crippen LogP contribution >= 0.6 is 0 Å². The summed E-state index contributed by atoms with van der Waals surface area (Å²) in [4.78, 5) is 14.7. The van der Waals surface area contributed by atoms with E-state index < -0.39 is 5.54 Å². The van der Waals surface area contributed by atoms with E-state index in [1.165, 1.54) is 0 Å². The Morgan fingerprint density at radius 2 is 2.10 bits per heavy atom. The van der Waals surface area contributed by atoms with Crippen LogP contribution in [0.25, 0.3) is 0 Å². The average Bonchev–Trinajstić information content (AvgIpc) is 2.86. The smallest absolute Gasteiger partial charge is 0.240 e. The highest BCUT2D eigenvalue weighted by atomic mass is 16.5. The average molecular weight is 281 g/mol. The van der Waals surface area contributed by atoms with Gasteiger partial charge in [0.05, 0.1) is 24.8 Å². The molecule has 0 radical (unpaired) electrons. The fourth-order valence-electron chi connectivity index (χ4n) is 2.39. The summed E-state index contributed by atoms with van der Waals surface area (Å²) in [6, 6.07) is -0.171. The SMILES string of the molecule is CC(NC(=O)C(C)(C)N1CCOCC1)c1nncn1C. The van der Waals surface area contributed by atoms with Gasteiger partial charge in [-0.3, -0.25) is 9.69 Å². The van der Waals surface area contributed by atoms with Gasteiger partial charge in [-0.2, -0.15) is 0 Å². The second kappa shape index (κ2) is 5.88. The minimum Gasteiger partial charge on any atom is -0.379 e. The molecule has 0 saturated carbocycles. The number of carbonyl (C=O) groups excluding carboxylic acids is 1. The molecular weight excluding hydrogens is 258 g/mol. The van der Waals surface area contributed by atoms with Gasteiger partial charge >= 0.3 is 0 Å². The molecule has 1 fully saturated rings. The molecule has 112 valence electrons. The van der Waals surface area contributed by atoms with Crippen LogP contribution in [-0.2, 0) is 16.6 Å². The van der Waals surface area contributed by atoms with E-state index in [1.54, 1.807) is 6.33 Å². The van der Waals surface area contributed by atoms with Crippen LogP contribution < -0.4 is 5.32 Å². The van der Waals surface area contributed by atoms with Gasteiger partial charge in [0.1, 0.15) is 6.33 Å². The van der Waals surface area contributed by atoms with E-state index >= 15 is 0 Å². The maximum absolute atomic E-state index is 12.5. The summed E-state index contributed by atoms with van der Waals surface area (Å²) in [6.45, 7) is 8.70. The number of aromatic nitrogens is 3. The molecule has 0 spiro atoms. The van der Waals surface area contributed by atoms with Crippen LogP contribution in [0.1, 0.15) is 32.6 Å². The summed E-state index contributed by atoms with van der Waals surface area (Å²) in [5.41, 5.74) is -0.559. The van der Waals surface area contributed by atoms with Crippen molar-refractivity contribution in [3.05, 3.63) is 12.2 Å². The number of morpholine rings is 1. The molecule has 2 heterocycles. The van der Waals surface area contributed by atoms with Gasteiger partial charge in [-0.15, -0.1) is 10.2 Å². The largest absolute Gasteiger partial charge is 0.379 e. The topological polar surface area (TPSA) is 72.3 Å². The molecule has 0 aromatic carbocycles. The summed E-state index contributed by atoms with van der Waals surface area (Å²) in [5.74, 6) is 0.742. The minimum absolute atomic E-state index is 0.00472. The van der Waals surface area contributed by atoms with Crippen LogP contribution in [0, 0.1) is 0 Å². The van der Waals surface area contributed by atoms with Crippen molar-refractivity contribution in [2.75, 3.05) is 26.3 Å². The normalized spacial score (nSPS) is 18.8. The minimum atomic E-state index is -0.559. The van der Waals surface area contributed by atoms with Crippen molar-refractivity contribution < 1.29 is 9.53 Å². The molecule has 1 aromatic heterocycles. The molecule has 1 atom stereocenters. The molecule has 1 aromatic rings. The van der Waals surface area contributed by atoms with Crippen molar-refractivity contribution in [2.24, 2.45) is 7.05 Å². The van der Waals surface area contributed by atoms with Crippen LogP contribution in [0.2, 0.25) is 0 Å². The van der Waals surface area contributed by atoms with Gasteiger partial charge in [0.25, 0.3) is 0 Å². The van der Waals surface area contributed by atoms with Crippen molar-refractivity contribution in [1.82, 2.24) is 25.0 Å². The van der Waals surface area contributed by atoms with E-state index in [1.807, 2.05) is 32.4 Å². The Kier molecular flexibility index (Phi) is 4.39. The molecule has 1 unspecified atom stereocenters. The molecule has 1 aliphatic heterocycles. The van der Waals surface area contributed by atoms with Gasteiger partial charge in [-0.25, -0.2) is 0 Å². The molecule has 7 heteroatoms. The standard InChI is InChI=1S/C13H23N5O2/c1-10(11-16-14-9-17(11)4)15-12(19)13(2,3)18-5-7-20-8-6-18/h9-10H,5-8H2,1-4H3,(H,15,19). The van der Waals surface area contributed by atoms with Crippen molar-refractivity contribution in [1.29, 1.82) is 0 Å². The lowest BCUT2D eigenvalue weighted by atomic mass is 10.0. The molecule has 1 aliphatic rings. The van der Waals surface area contributed by atoms with Gasteiger partial charge in [0, 0.05) is 20.1 Å². The lowest BCUT2D eigenvalue weighted by Crippen LogP contribution is -2.58. The second-order valence-corrected chi connectivity index (χ2v) is 5.65. The Bertz CT molecular complexity index is 465. The Morgan fingerprint density at radius 3 is 2.65 bits per heavy atom. The summed E-state index contributed by atoms with van der Waals surface area (Å²) in [6.07, 6.45) is 1.63. The molecule has 0 bridgehead atoms. The van der Waals surface area contributed by atoms with Crippen molar-refractivity contribution in [3.63, 3.8) is 0 Å². The van der Waals surface area contributed by atoms with E-state index in [0.29, 0.717) is 13.2 Å². The Balaban J connectivity index is 2.01. The van der Waals surface area contributed by atoms with Gasteiger partial charge in [0.15, 0.2) is 5.82 Å². The first kappa shape index (κ1) is 14.9. The fourth-order valence-corrected chi connectivity index (χ4v) is 2.39. The first-order valence-corrected chi connectivity index (χ1v) is 6.90. The van der Waals surface area contributed by atoms with E-state index in [-0.39, 0.29) is 11.9 Å². The molecule has 20 heavy (non-hydrogen) atoms. The molecule has 1 saturated heterocycles. The Labute approximate surface area is 119 Å². The first-order chi connectivity index (χ1) is 9.43. The van der Waals surface area contributed by atoms with Crippen LogP contribution in [0.3, 0.4) is 0 Å². The van der Waals surface area contributed by atoms with E-state index in [0.717, 1.165) is 18.9 Å². The van der Waals surface area contributed by atoms with Crippen LogP contribution in [0.15, 0.2) is 6.33 Å². The third kappa shape index (κ3) is 2.99. The quantitative estimate of drug-likeness (QED) is 0.847. The third-order valence-corrected chi connectivity index (χ3v) is 3.84. The fraction of sp³-hybridized carbons (Fsp3) is 0.769. The Morgan fingerprint density at radius 1 is 1.45 bits per heavy atom. The zero-order chi connectivity index (χ0) is 14.8. The van der Waals surface area contributed by atoms with Crippen LogP contribution in [0.4, 0.5) is 0 Å². The lowest BCUT2D eigenvalue weighted by molar-refractivity contribution is -0.135. The highest BCUT2D eigenvalue weighted by Gasteiger charge is 2.36. The molecule has 2 rings (SSSR count). The molecular formula is C13H23N5O2. The van der Waals surface area contributed by atoms with Crippen molar-refractivity contribution in [3.8, 4) is 0 Å². The summed E-state index contributed by atoms with van der Waals surface area (Å²) < 4.78 is 7.15. The van der Waals surface area contributed by atoms with Gasteiger partial charge in [-0.1, -0.05) is 0 Å². The number of ether oxygens (including phenoxy) is 1. The second-order valence-electron chi connectivity index (χ2n) is 5.65. The molecule has 1 N–H and O–H groups in total. The number of hydrogen-bond donors (Lipinski definition) is 1. The van der Waals surface area contributed by atoms with Crippen molar-refractivity contribution >= 4 is 5.91 Å². The molecule has 7 nitrogen and oxygen atoms in total. The third-order valence-electron chi connectivity index (χ3n) is 3.84. The zero-order valence-electron chi connectivity index (χ0n) is 12.6. The number of carbonyl (C=O) groups is 1. The lowest BCUT2D eigenvalue weighted by Gasteiger charge is -2.39. The predicted octanol–water partition coefficient (Wildman–Crippen LogP) is 0.103. The predicted molar refractivity (Wildman–Crippen MR) is 74.0 cm³/mol. The highest BCUT2D eigenvalue weighted by molar-refractivity contribution is 5.85. The summed E-state index contributed by atoms with van der Waals surface area (Å²) >= 11 is 0. The number of hydrogen-bond acceptors (Lipinski definition) is 5. The van der Waals surface area contributed by atoms with Gasteiger partial charge in [-0.05, 0) is 20.8 Å². The van der Waals surface area contributed by atoms with E-state index in [2.05, 4.69) is 20.4 Å². The molecule has 0 aliphatic carbocycles. The number of nitrogens with zero attached hydrogens (tertiary/aromatic N) is 4. The number of nitrogens with one attached hydrogen (secondary N) is 1. The molecule has 1 amide bonds. The first-order valence-electron chi connectivity index (χ1n) is 6.90. The van der Waals surface area contributed by atoms with Crippen LogP contribution in [-0.4, -0.2) is 57.4 Å². The van der Waals surface area contributed by atoms with E-state index in [9.17, 15) is 4.79 Å². The number of amides is 1.